The lowest BCUT2D eigenvalue weighted by Gasteiger charge is -2.67. The first-order chi connectivity index (χ1) is 8.43. The van der Waals surface area contributed by atoms with E-state index in [0.29, 0.717) is 22.3 Å². The molecule has 4 rings (SSSR count). The van der Waals surface area contributed by atoms with Crippen LogP contribution < -0.4 is 5.32 Å². The van der Waals surface area contributed by atoms with Gasteiger partial charge in [-0.25, -0.2) is 0 Å². The third kappa shape index (κ3) is 1.84. The molecule has 18 heavy (non-hydrogen) atoms. The summed E-state index contributed by atoms with van der Waals surface area (Å²) in [5.74, 6) is 0.976. The van der Waals surface area contributed by atoms with E-state index < -0.39 is 0 Å². The fourth-order valence-corrected chi connectivity index (χ4v) is 6.66. The number of methoxy groups -OCH3 is 1. The Morgan fingerprint density at radius 3 is 2.17 bits per heavy atom. The molecule has 4 fully saturated rings. The minimum atomic E-state index is 0.508. The quantitative estimate of drug-likeness (QED) is 0.828. The second kappa shape index (κ2) is 3.96. The summed E-state index contributed by atoms with van der Waals surface area (Å²) in [6, 6.07) is 0.546. The van der Waals surface area contributed by atoms with Gasteiger partial charge in [-0.2, -0.15) is 0 Å². The molecule has 104 valence electrons. The third-order valence-electron chi connectivity index (χ3n) is 6.09. The smallest absolute Gasteiger partial charge is 0.0621 e. The van der Waals surface area contributed by atoms with Crippen LogP contribution in [-0.4, -0.2) is 26.8 Å². The molecule has 0 saturated heterocycles. The molecular weight excluding hydrogens is 222 g/mol. The normalized spacial score (nSPS) is 51.7. The number of hydrogen-bond donors (Lipinski definition) is 1. The standard InChI is InChI=1S/C16H29NO/c1-14-5-12-6-15(2,9-14)11-16(7-12,10-14)13(17-3)8-18-4/h12-13,17H,5-11H2,1-4H3. The molecule has 0 aromatic rings. The SMILES string of the molecule is CNC(COC)C12CC3CC(C)(CC(C)(C3)C1)C2. The first kappa shape index (κ1) is 12.9. The highest BCUT2D eigenvalue weighted by Gasteiger charge is 2.61. The molecule has 0 heterocycles. The summed E-state index contributed by atoms with van der Waals surface area (Å²) < 4.78 is 5.49. The van der Waals surface area contributed by atoms with Crippen molar-refractivity contribution in [3.05, 3.63) is 0 Å². The molecule has 0 aliphatic heterocycles. The van der Waals surface area contributed by atoms with Crippen LogP contribution in [0.5, 0.6) is 0 Å². The van der Waals surface area contributed by atoms with Gasteiger partial charge in [-0.15, -0.1) is 0 Å². The maximum atomic E-state index is 5.49. The summed E-state index contributed by atoms with van der Waals surface area (Å²) in [5.41, 5.74) is 1.72. The topological polar surface area (TPSA) is 21.3 Å². The van der Waals surface area contributed by atoms with Crippen LogP contribution in [0.1, 0.15) is 52.4 Å². The Morgan fingerprint density at radius 2 is 1.72 bits per heavy atom. The van der Waals surface area contributed by atoms with Crippen molar-refractivity contribution < 1.29 is 4.74 Å². The van der Waals surface area contributed by atoms with Crippen LogP contribution in [0.15, 0.2) is 0 Å². The number of likely N-dealkylation sites (N-methyl/N-ethyl adjacent to an activating group) is 1. The first-order valence-corrected chi connectivity index (χ1v) is 7.59. The van der Waals surface area contributed by atoms with E-state index in [9.17, 15) is 0 Å². The third-order valence-corrected chi connectivity index (χ3v) is 6.09. The lowest BCUT2D eigenvalue weighted by Crippen LogP contribution is -2.62. The van der Waals surface area contributed by atoms with Gasteiger partial charge >= 0.3 is 0 Å². The van der Waals surface area contributed by atoms with E-state index in [1.807, 2.05) is 7.11 Å². The molecule has 1 N–H and O–H groups in total. The van der Waals surface area contributed by atoms with Gasteiger partial charge in [0.1, 0.15) is 0 Å². The highest BCUT2D eigenvalue weighted by Crippen LogP contribution is 2.70. The van der Waals surface area contributed by atoms with Crippen LogP contribution >= 0.6 is 0 Å². The van der Waals surface area contributed by atoms with Crippen molar-refractivity contribution in [1.82, 2.24) is 5.32 Å². The summed E-state index contributed by atoms with van der Waals surface area (Å²) >= 11 is 0. The van der Waals surface area contributed by atoms with Crippen molar-refractivity contribution in [3.63, 3.8) is 0 Å². The maximum absolute atomic E-state index is 5.49. The Morgan fingerprint density at radius 1 is 1.11 bits per heavy atom. The molecule has 0 aromatic heterocycles. The van der Waals surface area contributed by atoms with Crippen LogP contribution in [0.4, 0.5) is 0 Å². The summed E-state index contributed by atoms with van der Waals surface area (Å²) in [4.78, 5) is 0. The summed E-state index contributed by atoms with van der Waals surface area (Å²) in [5, 5.41) is 3.57. The van der Waals surface area contributed by atoms with Gasteiger partial charge in [0.2, 0.25) is 0 Å². The largest absolute Gasteiger partial charge is 0.383 e. The molecule has 0 amide bonds. The Labute approximate surface area is 112 Å². The van der Waals surface area contributed by atoms with Gasteiger partial charge in [-0.3, -0.25) is 0 Å². The minimum Gasteiger partial charge on any atom is -0.383 e. The Balaban J connectivity index is 1.92. The zero-order chi connectivity index (χ0) is 13.0. The van der Waals surface area contributed by atoms with E-state index in [2.05, 4.69) is 26.2 Å². The van der Waals surface area contributed by atoms with Crippen molar-refractivity contribution >= 4 is 0 Å². The van der Waals surface area contributed by atoms with Crippen LogP contribution in [0.25, 0.3) is 0 Å². The minimum absolute atomic E-state index is 0.508. The monoisotopic (exact) mass is 251 g/mol. The first-order valence-electron chi connectivity index (χ1n) is 7.59. The van der Waals surface area contributed by atoms with Gasteiger partial charge in [0.05, 0.1) is 6.61 Å². The van der Waals surface area contributed by atoms with Crippen LogP contribution in [-0.2, 0) is 4.74 Å². The van der Waals surface area contributed by atoms with Crippen molar-refractivity contribution in [2.24, 2.45) is 22.2 Å². The van der Waals surface area contributed by atoms with E-state index in [1.165, 1.54) is 38.5 Å². The van der Waals surface area contributed by atoms with Crippen LogP contribution in [0.3, 0.4) is 0 Å². The summed E-state index contributed by atoms with van der Waals surface area (Å²) in [6.07, 6.45) is 8.69. The van der Waals surface area contributed by atoms with Gasteiger partial charge in [-0.05, 0) is 67.7 Å². The molecule has 0 radical (unpaired) electrons. The van der Waals surface area contributed by atoms with Crippen molar-refractivity contribution in [2.75, 3.05) is 20.8 Å². The Bertz CT molecular complexity index is 322. The predicted octanol–water partition coefficient (Wildman–Crippen LogP) is 3.22. The number of ether oxygens (including phenoxy) is 1. The predicted molar refractivity (Wildman–Crippen MR) is 74.6 cm³/mol. The lowest BCUT2D eigenvalue weighted by molar-refractivity contribution is -0.162. The lowest BCUT2D eigenvalue weighted by atomic mass is 9.39. The van der Waals surface area contributed by atoms with Crippen molar-refractivity contribution in [3.8, 4) is 0 Å². The van der Waals surface area contributed by atoms with Gasteiger partial charge < -0.3 is 10.1 Å². The van der Waals surface area contributed by atoms with Crippen molar-refractivity contribution in [1.29, 1.82) is 0 Å². The number of rotatable bonds is 4. The number of hydrogen-bond acceptors (Lipinski definition) is 2. The average molecular weight is 251 g/mol. The summed E-state index contributed by atoms with van der Waals surface area (Å²) in [6.45, 7) is 5.96. The van der Waals surface area contributed by atoms with Gasteiger partial charge in [0.25, 0.3) is 0 Å². The van der Waals surface area contributed by atoms with E-state index in [0.717, 1.165) is 12.5 Å². The molecule has 4 aliphatic carbocycles. The molecule has 0 aromatic carbocycles. The van der Waals surface area contributed by atoms with E-state index in [4.69, 9.17) is 4.74 Å². The molecule has 0 spiro atoms. The van der Waals surface area contributed by atoms with Crippen molar-refractivity contribution in [2.45, 2.75) is 58.4 Å². The zero-order valence-corrected chi connectivity index (χ0v) is 12.5. The Hall–Kier alpha value is -0.0800. The second-order valence-corrected chi connectivity index (χ2v) is 8.29. The maximum Gasteiger partial charge on any atom is 0.0621 e. The average Bonchev–Trinajstić information content (AvgIpc) is 2.20. The molecule has 3 unspecified atom stereocenters. The molecule has 4 aliphatic rings. The molecule has 4 saturated carbocycles. The Kier molecular flexibility index (Phi) is 2.84. The van der Waals surface area contributed by atoms with Crippen LogP contribution in [0, 0.1) is 22.2 Å². The number of nitrogens with one attached hydrogen (secondary N) is 1. The molecule has 4 bridgehead atoms. The molecule has 2 heteroatoms. The van der Waals surface area contributed by atoms with E-state index >= 15 is 0 Å². The van der Waals surface area contributed by atoms with Crippen LogP contribution in [0.2, 0.25) is 0 Å². The van der Waals surface area contributed by atoms with Gasteiger partial charge in [-0.1, -0.05) is 13.8 Å². The fraction of sp³-hybridized carbons (Fsp3) is 1.00. The fourth-order valence-electron chi connectivity index (χ4n) is 6.66. The second-order valence-electron chi connectivity index (χ2n) is 8.29. The van der Waals surface area contributed by atoms with E-state index in [-0.39, 0.29) is 0 Å². The molecular formula is C16H29NO. The highest BCUT2D eigenvalue weighted by atomic mass is 16.5. The molecule has 2 nitrogen and oxygen atoms in total. The van der Waals surface area contributed by atoms with E-state index in [1.54, 1.807) is 0 Å². The highest BCUT2D eigenvalue weighted by molar-refractivity contribution is 5.13. The zero-order valence-electron chi connectivity index (χ0n) is 12.5. The summed E-state index contributed by atoms with van der Waals surface area (Å²) in [7, 11) is 3.96. The van der Waals surface area contributed by atoms with Gasteiger partial charge in [0, 0.05) is 13.2 Å². The van der Waals surface area contributed by atoms with Gasteiger partial charge in [0.15, 0.2) is 0 Å². The molecule has 3 atom stereocenters.